The average molecular weight is 365 g/mol. The van der Waals surface area contributed by atoms with Gasteiger partial charge in [-0.3, -0.25) is 9.59 Å². The van der Waals surface area contributed by atoms with Crippen molar-refractivity contribution in [2.75, 3.05) is 5.75 Å². The van der Waals surface area contributed by atoms with E-state index in [9.17, 15) is 19.5 Å². The van der Waals surface area contributed by atoms with E-state index in [1.54, 1.807) is 17.0 Å². The first kappa shape index (κ1) is 17.2. The van der Waals surface area contributed by atoms with Crippen molar-refractivity contribution >= 4 is 42.2 Å². The maximum atomic E-state index is 12.8. The first-order chi connectivity index (χ1) is 11.3. The smallest absolute Gasteiger partial charge is 0.256 e. The largest absolute Gasteiger partial charge is 0.548 e. The Labute approximate surface area is 149 Å². The van der Waals surface area contributed by atoms with E-state index in [1.807, 2.05) is 26.0 Å². The molecule has 2 heterocycles. The van der Waals surface area contributed by atoms with E-state index in [0.717, 1.165) is 5.56 Å². The first-order valence-corrected chi connectivity index (χ1v) is 9.00. The van der Waals surface area contributed by atoms with Gasteiger partial charge in [0, 0.05) is 16.1 Å². The van der Waals surface area contributed by atoms with Gasteiger partial charge < -0.3 is 20.1 Å². The number of carbonyl (C=O) groups is 3. The van der Waals surface area contributed by atoms with Crippen LogP contribution in [0.25, 0.3) is 0 Å². The fourth-order valence-electron chi connectivity index (χ4n) is 3.23. The van der Waals surface area contributed by atoms with Crippen LogP contribution in [0.4, 0.5) is 0 Å². The summed E-state index contributed by atoms with van der Waals surface area (Å²) in [6.07, 6.45) is 0. The molecule has 0 spiro atoms. The molecular formula is C16H17N2O4S2-. The van der Waals surface area contributed by atoms with Gasteiger partial charge in [0.2, 0.25) is 5.91 Å². The molecule has 8 heteroatoms. The van der Waals surface area contributed by atoms with Gasteiger partial charge in [-0.2, -0.15) is 12.6 Å². The van der Waals surface area contributed by atoms with Crippen LogP contribution in [0.1, 0.15) is 35.1 Å². The number of hydrogen-bond donors (Lipinski definition) is 2. The maximum absolute atomic E-state index is 12.8. The third-order valence-electron chi connectivity index (χ3n) is 4.33. The van der Waals surface area contributed by atoms with Crippen LogP contribution in [0.15, 0.2) is 24.3 Å². The molecule has 1 N–H and O–H groups in total. The predicted octanol–water partition coefficient (Wildman–Crippen LogP) is 0.199. The van der Waals surface area contributed by atoms with Crippen molar-refractivity contribution in [1.29, 1.82) is 0 Å². The lowest BCUT2D eigenvalue weighted by molar-refractivity contribution is -0.307. The Morgan fingerprint density at radius 1 is 1.42 bits per heavy atom. The van der Waals surface area contributed by atoms with Crippen LogP contribution in [0.3, 0.4) is 0 Å². The summed E-state index contributed by atoms with van der Waals surface area (Å²) in [5, 5.41) is 13.3. The minimum Gasteiger partial charge on any atom is -0.548 e. The van der Waals surface area contributed by atoms with Crippen LogP contribution < -0.4 is 10.4 Å². The molecule has 0 aliphatic carbocycles. The summed E-state index contributed by atoms with van der Waals surface area (Å²) in [6.45, 7) is 3.76. The second kappa shape index (κ2) is 6.00. The van der Waals surface area contributed by atoms with E-state index in [4.69, 9.17) is 0 Å². The van der Waals surface area contributed by atoms with Crippen molar-refractivity contribution in [3.8, 4) is 0 Å². The topological polar surface area (TPSA) is 89.5 Å². The Bertz CT molecular complexity index is 722. The van der Waals surface area contributed by atoms with E-state index in [0.29, 0.717) is 5.56 Å². The molecule has 0 unspecified atom stereocenters. The average Bonchev–Trinajstić information content (AvgIpc) is 2.95. The number of nitrogens with one attached hydrogen (secondary N) is 1. The van der Waals surface area contributed by atoms with Gasteiger partial charge in [0.05, 0.1) is 12.0 Å². The molecule has 3 rings (SSSR count). The van der Waals surface area contributed by atoms with Gasteiger partial charge in [-0.15, -0.1) is 11.8 Å². The highest BCUT2D eigenvalue weighted by Crippen LogP contribution is 2.56. The van der Waals surface area contributed by atoms with E-state index in [2.05, 4.69) is 17.9 Å². The van der Waals surface area contributed by atoms with Crippen LogP contribution in [0.5, 0.6) is 0 Å². The molecule has 2 aliphatic rings. The van der Waals surface area contributed by atoms with Gasteiger partial charge in [-0.25, -0.2) is 0 Å². The molecular weight excluding hydrogens is 348 g/mol. The first-order valence-electron chi connectivity index (χ1n) is 7.49. The van der Waals surface area contributed by atoms with Crippen LogP contribution >= 0.6 is 24.4 Å². The highest BCUT2D eigenvalue weighted by atomic mass is 32.2. The van der Waals surface area contributed by atoms with Gasteiger partial charge in [0.15, 0.2) is 0 Å². The molecule has 0 saturated carbocycles. The van der Waals surface area contributed by atoms with E-state index < -0.39 is 28.7 Å². The number of thioether (sulfide) groups is 1. The number of carboxylic acids is 1. The van der Waals surface area contributed by atoms with Crippen molar-refractivity contribution in [2.24, 2.45) is 0 Å². The van der Waals surface area contributed by atoms with Crippen molar-refractivity contribution in [3.63, 3.8) is 0 Å². The second-order valence-electron chi connectivity index (χ2n) is 6.34. The fourth-order valence-corrected chi connectivity index (χ4v) is 5.06. The Morgan fingerprint density at radius 3 is 2.71 bits per heavy atom. The lowest BCUT2D eigenvalue weighted by atomic mass is 10.0. The quantitative estimate of drug-likeness (QED) is 0.744. The van der Waals surface area contributed by atoms with Crippen LogP contribution in [-0.2, 0) is 9.59 Å². The molecule has 1 aromatic rings. The fraction of sp³-hybridized carbons (Fsp3) is 0.438. The van der Waals surface area contributed by atoms with E-state index in [-0.39, 0.29) is 17.0 Å². The highest BCUT2D eigenvalue weighted by Gasteiger charge is 2.57. The normalized spacial score (nSPS) is 25.1. The number of carbonyl (C=O) groups excluding carboxylic acids is 3. The summed E-state index contributed by atoms with van der Waals surface area (Å²) in [4.78, 5) is 38.1. The Balaban J connectivity index is 1.93. The molecule has 3 atom stereocenters. The molecule has 0 aromatic heterocycles. The van der Waals surface area contributed by atoms with Gasteiger partial charge in [0.1, 0.15) is 11.4 Å². The van der Waals surface area contributed by atoms with Gasteiger partial charge in [0.25, 0.3) is 5.91 Å². The molecule has 1 aromatic carbocycles. The molecule has 0 bridgehead atoms. The summed E-state index contributed by atoms with van der Waals surface area (Å²) in [5.74, 6) is -2.18. The maximum Gasteiger partial charge on any atom is 0.256 e. The number of carboxylic acid groups (broad SMARTS) is 1. The second-order valence-corrected chi connectivity index (χ2v) is 8.44. The van der Waals surface area contributed by atoms with Crippen LogP contribution in [0.2, 0.25) is 0 Å². The monoisotopic (exact) mass is 365 g/mol. The van der Waals surface area contributed by atoms with Gasteiger partial charge in [-0.05, 0) is 25.5 Å². The number of amides is 2. The molecule has 1 saturated heterocycles. The zero-order valence-electron chi connectivity index (χ0n) is 13.2. The third kappa shape index (κ3) is 2.57. The van der Waals surface area contributed by atoms with Crippen LogP contribution in [0, 0.1) is 0 Å². The number of benzene rings is 1. The Kier molecular flexibility index (Phi) is 4.29. The molecule has 1 fully saturated rings. The Hall–Kier alpha value is -1.67. The summed E-state index contributed by atoms with van der Waals surface area (Å²) in [7, 11) is 0. The number of nitrogens with zero attached hydrogens (tertiary/aromatic N) is 1. The minimum absolute atomic E-state index is 0.0774. The molecule has 2 aliphatic heterocycles. The van der Waals surface area contributed by atoms with Crippen molar-refractivity contribution in [2.45, 2.75) is 36.1 Å². The SMILES string of the molecule is CC1(C)S[C@H]2c3ccccc3C(=O)N2[C@@H]1C(=O)N[C@@H](CS)C(=O)[O-]. The number of rotatable bonds is 4. The predicted molar refractivity (Wildman–Crippen MR) is 91.6 cm³/mol. The lowest BCUT2D eigenvalue weighted by Gasteiger charge is -2.31. The molecule has 128 valence electrons. The summed E-state index contributed by atoms with van der Waals surface area (Å²) in [5.41, 5.74) is 1.48. The highest BCUT2D eigenvalue weighted by molar-refractivity contribution is 8.01. The zero-order chi connectivity index (χ0) is 17.6. The van der Waals surface area contributed by atoms with Crippen molar-refractivity contribution < 1.29 is 19.5 Å². The van der Waals surface area contributed by atoms with Crippen LogP contribution in [-0.4, -0.2) is 45.3 Å². The molecule has 24 heavy (non-hydrogen) atoms. The van der Waals surface area contributed by atoms with E-state index in [1.165, 1.54) is 11.8 Å². The van der Waals surface area contributed by atoms with Crippen molar-refractivity contribution in [3.05, 3.63) is 35.4 Å². The van der Waals surface area contributed by atoms with Gasteiger partial charge in [-0.1, -0.05) is 18.2 Å². The molecule has 6 nitrogen and oxygen atoms in total. The molecule has 0 radical (unpaired) electrons. The third-order valence-corrected chi connectivity index (χ3v) is 6.23. The van der Waals surface area contributed by atoms with E-state index >= 15 is 0 Å². The molecule has 2 amide bonds. The minimum atomic E-state index is -1.39. The standard InChI is InChI=1S/C16H18N2O4S2/c1-16(2)11(12(19)17-10(7-23)15(21)22)18-13(20)8-5-3-4-6-9(8)14(18)24-16/h3-6,10-11,14,23H,7H2,1-2H3,(H,17,19)(H,21,22)/p-1/t10-,11+,14-/m0/s1. The number of hydrogen-bond acceptors (Lipinski definition) is 6. The lowest BCUT2D eigenvalue weighted by Crippen LogP contribution is -2.58. The Morgan fingerprint density at radius 2 is 2.08 bits per heavy atom. The number of thiol groups is 1. The van der Waals surface area contributed by atoms with Gasteiger partial charge >= 0.3 is 0 Å². The number of fused-ring (bicyclic) bond motifs is 3. The summed E-state index contributed by atoms with van der Waals surface area (Å²) >= 11 is 5.45. The zero-order valence-corrected chi connectivity index (χ0v) is 14.9. The van der Waals surface area contributed by atoms with Crippen molar-refractivity contribution in [1.82, 2.24) is 10.2 Å². The number of aliphatic carboxylic acids is 1. The summed E-state index contributed by atoms with van der Waals surface area (Å²) < 4.78 is -0.551. The summed E-state index contributed by atoms with van der Waals surface area (Å²) in [6, 6.07) is 5.32.